The average Bonchev–Trinajstić information content (AvgIpc) is 3.11. The molecule has 1 aliphatic carbocycles. The monoisotopic (exact) mass is 378 g/mol. The quantitative estimate of drug-likeness (QED) is 0.395. The van der Waals surface area contributed by atoms with Crippen molar-refractivity contribution in [2.75, 3.05) is 5.73 Å². The van der Waals surface area contributed by atoms with Gasteiger partial charge in [0.05, 0.1) is 12.0 Å². The van der Waals surface area contributed by atoms with Crippen molar-refractivity contribution in [1.29, 1.82) is 5.26 Å². The van der Waals surface area contributed by atoms with Gasteiger partial charge in [0.1, 0.15) is 0 Å². The minimum absolute atomic E-state index is 0. The third kappa shape index (κ3) is 8.79. The predicted molar refractivity (Wildman–Crippen MR) is 104 cm³/mol. The van der Waals surface area contributed by atoms with E-state index >= 15 is 0 Å². The molecule has 0 bridgehead atoms. The van der Waals surface area contributed by atoms with Crippen molar-refractivity contribution in [2.45, 2.75) is 25.8 Å². The molecule has 0 aromatic heterocycles. The van der Waals surface area contributed by atoms with Gasteiger partial charge in [0.2, 0.25) is 0 Å². The summed E-state index contributed by atoms with van der Waals surface area (Å²) in [5, 5.41) is 12.4. The molecule has 2 aromatic carbocycles. The standard InChI is InChI=1S/C15H19N3.C7H7.2Na/c1-11(14-7-4-6-12(14)9-16)18-10-13-5-2-3-8-15(13)17;1-7-5-3-2-4-6-7;;/h2-3,5,8,12,14,18H,1,4,6-7,10,17H2;2-6H,1H2;;/q;-1;2*+1. The van der Waals surface area contributed by atoms with Crippen molar-refractivity contribution in [1.82, 2.24) is 5.32 Å². The second-order valence-corrected chi connectivity index (χ2v) is 6.34. The number of nitrogens with two attached hydrogens (primary N) is 1. The number of benzene rings is 2. The van der Waals surface area contributed by atoms with Crippen LogP contribution in [0.25, 0.3) is 0 Å². The van der Waals surface area contributed by atoms with E-state index in [4.69, 9.17) is 11.0 Å². The first-order valence-electron chi connectivity index (χ1n) is 8.64. The van der Waals surface area contributed by atoms with Crippen LogP contribution < -0.4 is 70.2 Å². The molecule has 1 aliphatic rings. The van der Waals surface area contributed by atoms with Gasteiger partial charge in [-0.25, -0.2) is 0 Å². The second kappa shape index (κ2) is 14.2. The van der Waals surface area contributed by atoms with Gasteiger partial charge in [0, 0.05) is 23.8 Å². The Bertz CT molecular complexity index is 726. The first-order chi connectivity index (χ1) is 12.1. The van der Waals surface area contributed by atoms with E-state index in [0.29, 0.717) is 12.5 Å². The van der Waals surface area contributed by atoms with E-state index in [0.717, 1.165) is 41.8 Å². The molecule has 3 nitrogen and oxygen atoms in total. The summed E-state index contributed by atoms with van der Waals surface area (Å²) in [7, 11) is 0. The fourth-order valence-electron chi connectivity index (χ4n) is 3.04. The van der Waals surface area contributed by atoms with Gasteiger partial charge in [-0.15, -0.1) is 12.1 Å². The van der Waals surface area contributed by atoms with Crippen molar-refractivity contribution in [3.63, 3.8) is 0 Å². The van der Waals surface area contributed by atoms with Crippen LogP contribution in [0.3, 0.4) is 0 Å². The van der Waals surface area contributed by atoms with Gasteiger partial charge < -0.3 is 11.1 Å². The summed E-state index contributed by atoms with van der Waals surface area (Å²) in [5.74, 6) is 0.415. The van der Waals surface area contributed by atoms with Crippen LogP contribution in [0, 0.1) is 30.1 Å². The zero-order valence-corrected chi connectivity index (χ0v) is 20.6. The number of allylic oxidation sites excluding steroid dienone is 1. The molecule has 3 rings (SSSR count). The number of nitrogens with zero attached hydrogens (tertiary/aromatic N) is 1. The molecule has 5 heteroatoms. The summed E-state index contributed by atoms with van der Waals surface area (Å²) in [6.07, 6.45) is 3.18. The van der Waals surface area contributed by atoms with Crippen molar-refractivity contribution in [3.05, 3.63) is 84.9 Å². The Kier molecular flexibility index (Phi) is 13.7. The van der Waals surface area contributed by atoms with Crippen LogP contribution in [0.5, 0.6) is 0 Å². The van der Waals surface area contributed by atoms with Crippen molar-refractivity contribution < 1.29 is 59.1 Å². The van der Waals surface area contributed by atoms with E-state index < -0.39 is 0 Å². The molecule has 130 valence electrons. The minimum Gasteiger partial charge on any atom is -0.398 e. The topological polar surface area (TPSA) is 61.8 Å². The van der Waals surface area contributed by atoms with Crippen LogP contribution >= 0.6 is 0 Å². The second-order valence-electron chi connectivity index (χ2n) is 6.34. The number of rotatable bonds is 4. The number of hydrogen-bond donors (Lipinski definition) is 2. The summed E-state index contributed by atoms with van der Waals surface area (Å²) in [6, 6.07) is 20.1. The Morgan fingerprint density at radius 2 is 1.74 bits per heavy atom. The van der Waals surface area contributed by atoms with Crippen LogP contribution in [0.1, 0.15) is 30.4 Å². The third-order valence-corrected chi connectivity index (χ3v) is 4.53. The van der Waals surface area contributed by atoms with Gasteiger partial charge in [-0.1, -0.05) is 37.3 Å². The first-order valence-corrected chi connectivity index (χ1v) is 8.64. The summed E-state index contributed by atoms with van der Waals surface area (Å²) in [6.45, 7) is 8.48. The maximum absolute atomic E-state index is 9.08. The summed E-state index contributed by atoms with van der Waals surface area (Å²) >= 11 is 0. The number of nitrogen functional groups attached to an aromatic ring is 1. The molecule has 0 heterocycles. The van der Waals surface area contributed by atoms with Gasteiger partial charge in [0.25, 0.3) is 0 Å². The summed E-state index contributed by atoms with van der Waals surface area (Å²) < 4.78 is 0. The molecule has 0 spiro atoms. The molecule has 2 unspecified atom stereocenters. The molecule has 1 saturated carbocycles. The molecule has 0 aliphatic heterocycles. The van der Waals surface area contributed by atoms with Crippen molar-refractivity contribution in [3.8, 4) is 6.07 Å². The zero-order valence-electron chi connectivity index (χ0n) is 16.6. The SMILES string of the molecule is C=C(NCc1ccccc1N)C1CCCC1C#N.[CH2-]c1ccccc1.[Na+].[Na+]. The molecular formula is C22H26N3Na2+. The fourth-order valence-corrected chi connectivity index (χ4v) is 3.04. The Morgan fingerprint density at radius 3 is 2.30 bits per heavy atom. The molecule has 1 fully saturated rings. The van der Waals surface area contributed by atoms with Crippen LogP contribution in [-0.2, 0) is 6.54 Å². The van der Waals surface area contributed by atoms with Gasteiger partial charge in [-0.3, -0.25) is 0 Å². The van der Waals surface area contributed by atoms with E-state index in [1.165, 1.54) is 0 Å². The Morgan fingerprint density at radius 1 is 1.11 bits per heavy atom. The molecule has 0 amide bonds. The zero-order chi connectivity index (χ0) is 18.1. The van der Waals surface area contributed by atoms with Crippen LogP contribution in [0.2, 0.25) is 0 Å². The Balaban J connectivity index is 0.000000640. The van der Waals surface area contributed by atoms with Gasteiger partial charge >= 0.3 is 59.1 Å². The minimum atomic E-state index is 0. The average molecular weight is 378 g/mol. The number of nitrogens with one attached hydrogen (secondary N) is 1. The molecule has 3 N–H and O–H groups in total. The molecular weight excluding hydrogens is 352 g/mol. The van der Waals surface area contributed by atoms with Crippen LogP contribution in [0.4, 0.5) is 5.69 Å². The Labute approximate surface area is 208 Å². The molecule has 2 aromatic rings. The maximum atomic E-state index is 9.08. The van der Waals surface area contributed by atoms with E-state index in [1.54, 1.807) is 0 Å². The van der Waals surface area contributed by atoms with Crippen LogP contribution in [0.15, 0.2) is 66.9 Å². The number of hydrogen-bond acceptors (Lipinski definition) is 3. The summed E-state index contributed by atoms with van der Waals surface area (Å²) in [5.41, 5.74) is 9.80. The van der Waals surface area contributed by atoms with Crippen LogP contribution in [-0.4, -0.2) is 0 Å². The molecule has 2 atom stereocenters. The van der Waals surface area contributed by atoms with Gasteiger partial charge in [-0.2, -0.15) is 29.9 Å². The molecule has 0 saturated heterocycles. The molecule has 0 radical (unpaired) electrons. The first kappa shape index (κ1) is 26.1. The predicted octanol–water partition coefficient (Wildman–Crippen LogP) is -1.31. The van der Waals surface area contributed by atoms with Crippen molar-refractivity contribution >= 4 is 5.69 Å². The third-order valence-electron chi connectivity index (χ3n) is 4.53. The van der Waals surface area contributed by atoms with E-state index in [9.17, 15) is 0 Å². The number of para-hydroxylation sites is 1. The largest absolute Gasteiger partial charge is 1.00 e. The maximum Gasteiger partial charge on any atom is 1.00 e. The Hall–Kier alpha value is -0.860. The smallest absolute Gasteiger partial charge is 0.398 e. The fraction of sp³-hybridized carbons (Fsp3) is 0.273. The summed E-state index contributed by atoms with van der Waals surface area (Å²) in [4.78, 5) is 0. The van der Waals surface area contributed by atoms with E-state index in [1.807, 2.05) is 54.6 Å². The molecule has 27 heavy (non-hydrogen) atoms. The number of nitriles is 1. The van der Waals surface area contributed by atoms with Gasteiger partial charge in [-0.05, 0) is 24.5 Å². The van der Waals surface area contributed by atoms with Gasteiger partial charge in [0.15, 0.2) is 0 Å². The van der Waals surface area contributed by atoms with Crippen molar-refractivity contribution in [2.24, 2.45) is 11.8 Å². The number of anilines is 1. The van der Waals surface area contributed by atoms with E-state index in [2.05, 4.69) is 24.9 Å². The normalized spacial score (nSPS) is 17.1. The van der Waals surface area contributed by atoms with E-state index in [-0.39, 0.29) is 65.0 Å².